The number of halogens is 4. The topological polar surface area (TPSA) is 23.6 Å². The lowest BCUT2D eigenvalue weighted by molar-refractivity contribution is -0.137. The van der Waals surface area contributed by atoms with Crippen molar-refractivity contribution in [1.82, 2.24) is 4.90 Å². The molecular weight excluding hydrogens is 408 g/mol. The van der Waals surface area contributed by atoms with E-state index in [0.717, 1.165) is 6.07 Å². The number of carbonyl (C=O) groups is 1. The molecule has 3 nitrogen and oxygen atoms in total. The number of anilines is 1. The molecule has 0 aliphatic carbocycles. The van der Waals surface area contributed by atoms with E-state index in [4.69, 9.17) is 0 Å². The van der Waals surface area contributed by atoms with E-state index in [9.17, 15) is 22.4 Å². The van der Waals surface area contributed by atoms with E-state index < -0.39 is 11.7 Å². The van der Waals surface area contributed by atoms with Crippen molar-refractivity contribution in [2.75, 3.05) is 18.0 Å². The maximum Gasteiger partial charge on any atom is 0.416 e. The first-order valence-corrected chi connectivity index (χ1v) is 10.7. The van der Waals surface area contributed by atoms with Crippen LogP contribution in [0.4, 0.5) is 23.2 Å². The number of rotatable bonds is 6. The molecule has 3 rings (SSSR count). The van der Waals surface area contributed by atoms with Gasteiger partial charge >= 0.3 is 6.18 Å². The summed E-state index contributed by atoms with van der Waals surface area (Å²) in [6.45, 7) is 5.36. The second-order valence-corrected chi connectivity index (χ2v) is 8.15. The first-order chi connectivity index (χ1) is 14.7. The Bertz CT molecular complexity index is 905. The lowest BCUT2D eigenvalue weighted by Gasteiger charge is -2.39. The number of aryl methyl sites for hydroxylation is 1. The van der Waals surface area contributed by atoms with Crippen LogP contribution >= 0.6 is 0 Å². The van der Waals surface area contributed by atoms with Gasteiger partial charge in [-0.3, -0.25) is 9.69 Å². The highest BCUT2D eigenvalue weighted by Gasteiger charge is 2.31. The van der Waals surface area contributed by atoms with Gasteiger partial charge in [-0.05, 0) is 55.5 Å². The second kappa shape index (κ2) is 9.81. The smallest absolute Gasteiger partial charge is 0.309 e. The Kier molecular flexibility index (Phi) is 7.36. The summed E-state index contributed by atoms with van der Waals surface area (Å²) in [5.41, 5.74) is 1.07. The second-order valence-electron chi connectivity index (χ2n) is 8.15. The van der Waals surface area contributed by atoms with Crippen LogP contribution in [-0.4, -0.2) is 29.9 Å². The highest BCUT2D eigenvalue weighted by Crippen LogP contribution is 2.31. The quantitative estimate of drug-likeness (QED) is 0.523. The van der Waals surface area contributed by atoms with Crippen molar-refractivity contribution < 1.29 is 22.4 Å². The van der Waals surface area contributed by atoms with Gasteiger partial charge in [-0.15, -0.1) is 0 Å². The monoisotopic (exact) mass is 436 g/mol. The minimum Gasteiger partial charge on any atom is -0.309 e. The number of hydrogen-bond acceptors (Lipinski definition) is 2. The molecule has 31 heavy (non-hydrogen) atoms. The van der Waals surface area contributed by atoms with Crippen molar-refractivity contribution in [3.05, 3.63) is 65.0 Å². The fourth-order valence-electron chi connectivity index (χ4n) is 4.06. The summed E-state index contributed by atoms with van der Waals surface area (Å²) in [7, 11) is 0. The molecule has 1 saturated heterocycles. The third-order valence-electron chi connectivity index (χ3n) is 5.75. The lowest BCUT2D eigenvalue weighted by atomic mass is 10.00. The first kappa shape index (κ1) is 23.3. The maximum absolute atomic E-state index is 14.2. The summed E-state index contributed by atoms with van der Waals surface area (Å²) in [4.78, 5) is 16.6. The standard InChI is InChI=1S/C24H28F4N2O/c1-3-5-23(31)30(21-9-8-17(2)22(25)15-21)20-10-12-29(13-11-20)16-18-6-4-7-19(14-18)24(26,27)28/h4,6-9,14-15,20H,3,5,10-13,16H2,1-2H3. The van der Waals surface area contributed by atoms with Crippen molar-refractivity contribution >= 4 is 11.6 Å². The van der Waals surface area contributed by atoms with Gasteiger partial charge in [-0.25, -0.2) is 4.39 Å². The molecule has 1 amide bonds. The minimum atomic E-state index is -4.35. The molecule has 0 radical (unpaired) electrons. The number of alkyl halides is 3. The number of benzene rings is 2. The summed E-state index contributed by atoms with van der Waals surface area (Å²) in [5, 5.41) is 0. The van der Waals surface area contributed by atoms with E-state index in [-0.39, 0.29) is 17.8 Å². The van der Waals surface area contributed by atoms with E-state index in [2.05, 4.69) is 4.90 Å². The third kappa shape index (κ3) is 5.85. The fourth-order valence-corrected chi connectivity index (χ4v) is 4.06. The molecular formula is C24H28F4N2O. The number of nitrogens with zero attached hydrogens (tertiary/aromatic N) is 2. The van der Waals surface area contributed by atoms with Gasteiger partial charge in [0.05, 0.1) is 5.56 Å². The number of amides is 1. The molecule has 2 aromatic rings. The Hall–Kier alpha value is -2.41. The van der Waals surface area contributed by atoms with E-state index in [1.807, 2.05) is 6.92 Å². The largest absolute Gasteiger partial charge is 0.416 e. The van der Waals surface area contributed by atoms with Gasteiger partial charge in [0.2, 0.25) is 5.91 Å². The highest BCUT2D eigenvalue weighted by molar-refractivity contribution is 5.94. The summed E-state index contributed by atoms with van der Waals surface area (Å²) in [6.07, 6.45) is -1.89. The first-order valence-electron chi connectivity index (χ1n) is 10.7. The van der Waals surface area contributed by atoms with Gasteiger partial charge in [-0.2, -0.15) is 13.2 Å². The molecule has 7 heteroatoms. The summed E-state index contributed by atoms with van der Waals surface area (Å²) >= 11 is 0. The zero-order valence-electron chi connectivity index (χ0n) is 17.9. The normalized spacial score (nSPS) is 15.8. The predicted octanol–water partition coefficient (Wildman–Crippen LogP) is 5.95. The van der Waals surface area contributed by atoms with Crippen LogP contribution in [0.15, 0.2) is 42.5 Å². The summed E-state index contributed by atoms with van der Waals surface area (Å²) in [6, 6.07) is 10.2. The van der Waals surface area contributed by atoms with Crippen LogP contribution in [0, 0.1) is 12.7 Å². The predicted molar refractivity (Wildman–Crippen MR) is 113 cm³/mol. The van der Waals surface area contributed by atoms with Crippen LogP contribution < -0.4 is 4.90 Å². The van der Waals surface area contributed by atoms with Crippen LogP contribution in [-0.2, 0) is 17.5 Å². The molecule has 2 aromatic carbocycles. The number of hydrogen-bond donors (Lipinski definition) is 0. The van der Waals surface area contributed by atoms with Gasteiger partial charge in [0.25, 0.3) is 0 Å². The average Bonchev–Trinajstić information content (AvgIpc) is 2.72. The zero-order valence-corrected chi connectivity index (χ0v) is 17.9. The number of carbonyl (C=O) groups excluding carboxylic acids is 1. The molecule has 0 aromatic heterocycles. The molecule has 0 bridgehead atoms. The van der Waals surface area contributed by atoms with Gasteiger partial charge in [0, 0.05) is 37.8 Å². The van der Waals surface area contributed by atoms with E-state index >= 15 is 0 Å². The Morgan fingerprint density at radius 2 is 1.84 bits per heavy atom. The molecule has 1 aliphatic heterocycles. The van der Waals surface area contributed by atoms with Gasteiger partial charge in [0.15, 0.2) is 0 Å². The molecule has 0 saturated carbocycles. The minimum absolute atomic E-state index is 0.0259. The molecule has 0 atom stereocenters. The van der Waals surface area contributed by atoms with Crippen molar-refractivity contribution in [1.29, 1.82) is 0 Å². The van der Waals surface area contributed by atoms with Gasteiger partial charge in [0.1, 0.15) is 5.82 Å². The summed E-state index contributed by atoms with van der Waals surface area (Å²) in [5.74, 6) is -0.365. The molecule has 0 N–H and O–H groups in total. The Morgan fingerprint density at radius 3 is 2.45 bits per heavy atom. The molecule has 0 unspecified atom stereocenters. The zero-order chi connectivity index (χ0) is 22.6. The number of piperidine rings is 1. The van der Waals surface area contributed by atoms with Crippen molar-refractivity contribution in [3.63, 3.8) is 0 Å². The SMILES string of the molecule is CCCC(=O)N(c1ccc(C)c(F)c1)C1CCN(Cc2cccc(C(F)(F)F)c2)CC1. The maximum atomic E-state index is 14.2. The van der Waals surface area contributed by atoms with E-state index in [1.165, 1.54) is 18.2 Å². The van der Waals surface area contributed by atoms with Crippen molar-refractivity contribution in [3.8, 4) is 0 Å². The Balaban J connectivity index is 1.69. The Morgan fingerprint density at radius 1 is 1.13 bits per heavy atom. The Labute approximate surface area is 180 Å². The average molecular weight is 436 g/mol. The van der Waals surface area contributed by atoms with Gasteiger partial charge in [-0.1, -0.05) is 31.2 Å². The van der Waals surface area contributed by atoms with Crippen LogP contribution in [0.5, 0.6) is 0 Å². The molecule has 168 valence electrons. The van der Waals surface area contributed by atoms with Crippen LogP contribution in [0.25, 0.3) is 0 Å². The van der Waals surface area contributed by atoms with Gasteiger partial charge < -0.3 is 4.90 Å². The van der Waals surface area contributed by atoms with Crippen LogP contribution in [0.3, 0.4) is 0 Å². The third-order valence-corrected chi connectivity index (χ3v) is 5.75. The van der Waals surface area contributed by atoms with Crippen molar-refractivity contribution in [2.24, 2.45) is 0 Å². The molecule has 1 heterocycles. The molecule has 0 spiro atoms. The van der Waals surface area contributed by atoms with E-state index in [0.29, 0.717) is 62.1 Å². The van der Waals surface area contributed by atoms with Crippen molar-refractivity contribution in [2.45, 2.75) is 58.3 Å². The van der Waals surface area contributed by atoms with E-state index in [1.54, 1.807) is 30.0 Å². The number of likely N-dealkylation sites (tertiary alicyclic amines) is 1. The fraction of sp³-hybridized carbons (Fsp3) is 0.458. The van der Waals surface area contributed by atoms with Crippen LogP contribution in [0.1, 0.15) is 49.3 Å². The summed E-state index contributed by atoms with van der Waals surface area (Å²) < 4.78 is 53.0. The lowest BCUT2D eigenvalue weighted by Crippen LogP contribution is -2.47. The molecule has 1 aliphatic rings. The molecule has 1 fully saturated rings. The highest BCUT2D eigenvalue weighted by atomic mass is 19.4. The van der Waals surface area contributed by atoms with Crippen LogP contribution in [0.2, 0.25) is 0 Å².